The zero-order chi connectivity index (χ0) is 0. The summed E-state index contributed by atoms with van der Waals surface area (Å²) in [5, 5.41) is 0. The van der Waals surface area contributed by atoms with Gasteiger partial charge in [0, 0.05) is 0 Å². The Bertz CT molecular complexity index is 17.6. The fraction of sp³-hybridized carbons (Fsp3) is 1.00. The topological polar surface area (TPSA) is 142 Å². The molecule has 0 aromatic carbocycles. The number of hydrogen-bond donors (Lipinski definition) is 0. The molecule has 0 radical (unpaired) electrons. The fourth-order valence-electron chi connectivity index (χ4n) is 0. The van der Waals surface area contributed by atoms with E-state index in [9.17, 15) is 0 Å². The Hall–Kier alpha value is 2.79. The summed E-state index contributed by atoms with van der Waals surface area (Å²) in [6.45, 7) is 0. The predicted octanol–water partition coefficient (Wildman–Crippen LogP) is -0.724. The van der Waals surface area contributed by atoms with E-state index in [0.717, 1.165) is 0 Å². The normalized spacial score (nSPS) is 0. The van der Waals surface area contributed by atoms with Crippen molar-refractivity contribution in [2.45, 2.75) is 7.43 Å². The Balaban J connectivity index is 0. The molecule has 0 saturated heterocycles. The molecule has 48 valence electrons. The van der Waals surface area contributed by atoms with Gasteiger partial charge in [-0.1, -0.05) is 7.43 Å². The van der Waals surface area contributed by atoms with E-state index in [1.54, 1.807) is 0 Å². The molecule has 0 aromatic rings. The van der Waals surface area contributed by atoms with Crippen LogP contribution in [0.25, 0.3) is 0 Å². The van der Waals surface area contributed by atoms with E-state index >= 15 is 0 Å². The van der Waals surface area contributed by atoms with Crippen LogP contribution in [0.5, 0.6) is 0 Å². The molecule has 0 aromatic heterocycles. The van der Waals surface area contributed by atoms with Crippen molar-refractivity contribution in [1.82, 2.24) is 0 Å². The van der Waals surface area contributed by atoms with Crippen LogP contribution in [0.4, 0.5) is 0 Å². The van der Waals surface area contributed by atoms with Crippen LogP contribution in [-0.4, -0.2) is 51.7 Å². The second kappa shape index (κ2) is 177. The van der Waals surface area contributed by atoms with Crippen molar-refractivity contribution in [3.05, 3.63) is 0 Å². The Labute approximate surface area is 124 Å². The molecular weight excluding hydrogens is 452 g/mol. The smallest absolute Gasteiger partial charge is 2.00 e. The van der Waals surface area contributed by atoms with Gasteiger partial charge in [-0.05, 0) is 0 Å². The molecule has 0 unspecified atom stereocenters. The molecule has 10 heavy (non-hydrogen) atoms. The molecular formula is CH4In2O5Zn2. The van der Waals surface area contributed by atoms with E-state index in [2.05, 4.69) is 0 Å². The van der Waals surface area contributed by atoms with Gasteiger partial charge in [0.05, 0.1) is 0 Å². The molecule has 0 amide bonds. The van der Waals surface area contributed by atoms with E-state index in [4.69, 9.17) is 0 Å². The van der Waals surface area contributed by atoms with Gasteiger partial charge in [-0.15, -0.1) is 0 Å². The summed E-state index contributed by atoms with van der Waals surface area (Å²) in [4.78, 5) is 0. The van der Waals surface area contributed by atoms with Crippen LogP contribution in [0.1, 0.15) is 7.43 Å². The molecule has 0 bridgehead atoms. The minimum Gasteiger partial charge on any atom is -2.00 e. The molecule has 0 rings (SSSR count). The third kappa shape index (κ3) is 133. The summed E-state index contributed by atoms with van der Waals surface area (Å²) in [6.07, 6.45) is 0. The summed E-state index contributed by atoms with van der Waals surface area (Å²) in [5.41, 5.74) is 0. The van der Waals surface area contributed by atoms with Gasteiger partial charge < -0.3 is 27.4 Å². The SMILES string of the molecule is C.[In+3].[In+3].[O-2].[O-2].[O-2].[O-2].[O-2].[Zn+2].[Zn+2]. The van der Waals surface area contributed by atoms with Crippen molar-refractivity contribution in [3.63, 3.8) is 0 Å². The zero-order valence-electron chi connectivity index (χ0n) is 4.61. The van der Waals surface area contributed by atoms with Gasteiger partial charge in [0.15, 0.2) is 0 Å². The van der Waals surface area contributed by atoms with Crippen LogP contribution < -0.4 is 0 Å². The molecule has 9 heteroatoms. The van der Waals surface area contributed by atoms with Crippen molar-refractivity contribution >= 4 is 51.7 Å². The van der Waals surface area contributed by atoms with Gasteiger partial charge in [-0.25, -0.2) is 0 Å². The van der Waals surface area contributed by atoms with Gasteiger partial charge in [0.2, 0.25) is 0 Å². The maximum absolute atomic E-state index is 0. The summed E-state index contributed by atoms with van der Waals surface area (Å²) in [5.74, 6) is 0. The molecule has 0 heterocycles. The van der Waals surface area contributed by atoms with Gasteiger partial charge in [0.1, 0.15) is 0 Å². The molecule has 0 aliphatic carbocycles. The first kappa shape index (κ1) is 229. The van der Waals surface area contributed by atoms with Crippen LogP contribution in [-0.2, 0) is 66.3 Å². The Morgan fingerprint density at radius 1 is 0.400 bits per heavy atom. The van der Waals surface area contributed by atoms with Crippen LogP contribution in [0.3, 0.4) is 0 Å². The molecule has 0 fully saturated rings. The third-order valence-corrected chi connectivity index (χ3v) is 0. The number of rotatable bonds is 0. The minimum absolute atomic E-state index is 0. The Morgan fingerprint density at radius 2 is 0.400 bits per heavy atom. The fourth-order valence-corrected chi connectivity index (χ4v) is 0. The van der Waals surface area contributed by atoms with E-state index in [0.29, 0.717) is 0 Å². The number of hydrogen-bond acceptors (Lipinski definition) is 0. The monoisotopic (exact) mass is 454 g/mol. The molecule has 5 nitrogen and oxygen atoms in total. The van der Waals surface area contributed by atoms with Crippen molar-refractivity contribution in [2.75, 3.05) is 0 Å². The van der Waals surface area contributed by atoms with E-state index in [1.165, 1.54) is 0 Å². The predicted molar refractivity (Wildman–Crippen MR) is 21.7 cm³/mol. The Kier molecular flexibility index (Phi) is 4040. The molecule has 0 atom stereocenters. The average molecular weight is 456 g/mol. The summed E-state index contributed by atoms with van der Waals surface area (Å²) < 4.78 is 0. The van der Waals surface area contributed by atoms with Crippen molar-refractivity contribution < 1.29 is 66.3 Å². The van der Waals surface area contributed by atoms with Gasteiger partial charge in [-0.2, -0.15) is 0 Å². The van der Waals surface area contributed by atoms with Gasteiger partial charge in [-0.3, -0.25) is 0 Å². The molecule has 0 aliphatic heterocycles. The maximum atomic E-state index is 0. The average Bonchev–Trinajstić information content (AvgIpc) is 0. The summed E-state index contributed by atoms with van der Waals surface area (Å²) >= 11 is 0. The first-order valence-electron chi connectivity index (χ1n) is 0. The van der Waals surface area contributed by atoms with Crippen molar-refractivity contribution in [3.8, 4) is 0 Å². The second-order valence-corrected chi connectivity index (χ2v) is 0. The largest absolute Gasteiger partial charge is 3.00 e. The van der Waals surface area contributed by atoms with Gasteiger partial charge in [0.25, 0.3) is 0 Å². The van der Waals surface area contributed by atoms with E-state index < -0.39 is 0 Å². The summed E-state index contributed by atoms with van der Waals surface area (Å²) in [7, 11) is 0. The molecule has 0 saturated carbocycles. The van der Waals surface area contributed by atoms with Gasteiger partial charge >= 0.3 is 90.6 Å². The van der Waals surface area contributed by atoms with Crippen LogP contribution in [0.15, 0.2) is 0 Å². The van der Waals surface area contributed by atoms with Crippen LogP contribution in [0.2, 0.25) is 0 Å². The van der Waals surface area contributed by atoms with E-state index in [1.807, 2.05) is 0 Å². The van der Waals surface area contributed by atoms with Crippen molar-refractivity contribution in [2.24, 2.45) is 0 Å². The first-order valence-corrected chi connectivity index (χ1v) is 0. The molecule has 0 aliphatic rings. The Morgan fingerprint density at radius 3 is 0.400 bits per heavy atom. The standard InChI is InChI=1S/CH4.2In.5O.2Zn/h1H4;;;;;;;;;/q;2*+3;5*-2;2*+2. The van der Waals surface area contributed by atoms with Crippen LogP contribution in [0, 0.1) is 0 Å². The quantitative estimate of drug-likeness (QED) is 0.424. The second-order valence-electron chi connectivity index (χ2n) is 0. The molecule has 0 N–H and O–H groups in total. The maximum Gasteiger partial charge on any atom is 3.00 e. The minimum atomic E-state index is 0. The van der Waals surface area contributed by atoms with Crippen LogP contribution >= 0.6 is 0 Å². The van der Waals surface area contributed by atoms with Crippen molar-refractivity contribution in [1.29, 1.82) is 0 Å². The molecule has 0 spiro atoms. The van der Waals surface area contributed by atoms with E-state index in [-0.39, 0.29) is 125 Å². The third-order valence-electron chi connectivity index (χ3n) is 0. The summed E-state index contributed by atoms with van der Waals surface area (Å²) in [6, 6.07) is 0. The zero-order valence-corrected chi connectivity index (χ0v) is 17.1. The first-order chi connectivity index (χ1) is 0.